The van der Waals surface area contributed by atoms with Gasteiger partial charge in [-0.2, -0.15) is 0 Å². The predicted molar refractivity (Wildman–Crippen MR) is 125 cm³/mol. The Morgan fingerprint density at radius 2 is 2.03 bits per heavy atom. The first-order valence-corrected chi connectivity index (χ1v) is 12.0. The molecule has 1 saturated heterocycles. The number of aliphatic hydroxyl groups is 2. The van der Waals surface area contributed by atoms with Crippen LogP contribution in [0.1, 0.15) is 45.4 Å². The quantitative estimate of drug-likeness (QED) is 0.505. The molecule has 2 atom stereocenters. The number of nitrogens with one attached hydrogen (secondary N) is 1. The number of nitrogens with zero attached hydrogens (tertiary/aromatic N) is 4. The summed E-state index contributed by atoms with van der Waals surface area (Å²) in [5.41, 5.74) is 0.435. The van der Waals surface area contributed by atoms with Crippen LogP contribution in [0.15, 0.2) is 18.3 Å². The molecule has 1 aromatic carbocycles. The van der Waals surface area contributed by atoms with Crippen LogP contribution in [-0.2, 0) is 15.9 Å². The summed E-state index contributed by atoms with van der Waals surface area (Å²) in [6.45, 7) is 4.14. The van der Waals surface area contributed by atoms with E-state index in [0.717, 1.165) is 19.3 Å². The van der Waals surface area contributed by atoms with Gasteiger partial charge in [-0.05, 0) is 57.6 Å². The molecule has 0 radical (unpaired) electrons. The van der Waals surface area contributed by atoms with Crippen LogP contribution < -0.4 is 5.32 Å². The number of anilines is 1. The first-order chi connectivity index (χ1) is 16.1. The number of hydrogen-bond acceptors (Lipinski definition) is 7. The smallest absolute Gasteiger partial charge is 0.223 e. The molecule has 3 N–H and O–H groups in total. The van der Waals surface area contributed by atoms with Crippen molar-refractivity contribution < 1.29 is 19.3 Å². The monoisotopic (exact) mass is 487 g/mol. The van der Waals surface area contributed by atoms with E-state index in [2.05, 4.69) is 20.3 Å². The van der Waals surface area contributed by atoms with Crippen molar-refractivity contribution in [3.05, 3.63) is 35.0 Å². The van der Waals surface area contributed by atoms with E-state index in [0.29, 0.717) is 47.5 Å². The van der Waals surface area contributed by atoms with Gasteiger partial charge in [0.25, 0.3) is 0 Å². The molecule has 3 heterocycles. The molecule has 0 unspecified atom stereocenters. The first kappa shape index (κ1) is 22.2. The van der Waals surface area contributed by atoms with Gasteiger partial charge in [0.1, 0.15) is 16.9 Å². The number of ether oxygens (including phenoxy) is 1. The molecule has 0 spiro atoms. The van der Waals surface area contributed by atoms with E-state index in [1.807, 2.05) is 10.6 Å². The molecule has 7 rings (SSSR count). The lowest BCUT2D eigenvalue weighted by Crippen LogP contribution is -2.60. The number of imidazole rings is 1. The molecule has 4 fully saturated rings. The molecule has 180 valence electrons. The highest BCUT2D eigenvalue weighted by Crippen LogP contribution is 2.63. The molecule has 0 amide bonds. The summed E-state index contributed by atoms with van der Waals surface area (Å²) in [6.07, 6.45) is 4.47. The minimum Gasteiger partial charge on any atom is -0.389 e. The molecule has 1 aliphatic heterocycles. The Balaban J connectivity index is 1.45. The first-order valence-electron chi connectivity index (χ1n) is 11.7. The average Bonchev–Trinajstić information content (AvgIpc) is 3.09. The Kier molecular flexibility index (Phi) is 4.94. The van der Waals surface area contributed by atoms with Gasteiger partial charge in [-0.15, -0.1) is 0 Å². The van der Waals surface area contributed by atoms with Gasteiger partial charge in [-0.25, -0.2) is 19.3 Å². The average molecular weight is 488 g/mol. The number of rotatable bonds is 5. The molecular weight excluding hydrogens is 461 g/mol. The molecule has 2 bridgehead atoms. The highest BCUT2D eigenvalue weighted by atomic mass is 35.5. The molecule has 2 aromatic heterocycles. The van der Waals surface area contributed by atoms with Crippen molar-refractivity contribution in [2.24, 2.45) is 5.92 Å². The van der Waals surface area contributed by atoms with E-state index in [1.54, 1.807) is 13.8 Å². The molecule has 10 heteroatoms. The molecule has 3 aliphatic carbocycles. The minimum atomic E-state index is -1.21. The van der Waals surface area contributed by atoms with Gasteiger partial charge in [0.05, 0.1) is 41.2 Å². The van der Waals surface area contributed by atoms with E-state index in [-0.39, 0.29) is 28.7 Å². The van der Waals surface area contributed by atoms with Crippen LogP contribution in [0.25, 0.3) is 22.3 Å². The van der Waals surface area contributed by atoms with Crippen LogP contribution in [-0.4, -0.2) is 55.1 Å². The number of aromatic nitrogens is 4. The largest absolute Gasteiger partial charge is 0.389 e. The van der Waals surface area contributed by atoms with Crippen molar-refractivity contribution in [2.75, 3.05) is 18.5 Å². The zero-order valence-electron chi connectivity index (χ0n) is 19.1. The van der Waals surface area contributed by atoms with Crippen molar-refractivity contribution >= 4 is 28.6 Å². The fraction of sp³-hybridized carbons (Fsp3) is 0.542. The molecule has 3 aromatic rings. The number of aliphatic hydroxyl groups excluding tert-OH is 1. The van der Waals surface area contributed by atoms with Crippen molar-refractivity contribution in [1.29, 1.82) is 0 Å². The van der Waals surface area contributed by atoms with Crippen LogP contribution in [0.3, 0.4) is 0 Å². The van der Waals surface area contributed by atoms with Gasteiger partial charge in [-0.3, -0.25) is 0 Å². The Bertz CT molecular complexity index is 1270. The van der Waals surface area contributed by atoms with Crippen molar-refractivity contribution in [2.45, 2.75) is 62.8 Å². The molecule has 4 aliphatic rings. The zero-order valence-corrected chi connectivity index (χ0v) is 19.8. The Morgan fingerprint density at radius 3 is 2.68 bits per heavy atom. The molecule has 3 saturated carbocycles. The van der Waals surface area contributed by atoms with Gasteiger partial charge in [0, 0.05) is 17.7 Å². The number of fused-ring (bicyclic) bond motifs is 1. The van der Waals surface area contributed by atoms with E-state index in [9.17, 15) is 10.2 Å². The maximum absolute atomic E-state index is 15.4. The predicted octanol–water partition coefficient (Wildman–Crippen LogP) is 3.58. The van der Waals surface area contributed by atoms with Gasteiger partial charge in [0.2, 0.25) is 5.95 Å². The lowest BCUT2D eigenvalue weighted by molar-refractivity contribution is -0.0946. The Labute approximate surface area is 201 Å². The highest BCUT2D eigenvalue weighted by molar-refractivity contribution is 6.33. The summed E-state index contributed by atoms with van der Waals surface area (Å²) in [6, 6.07) is 2.97. The third-order valence-corrected chi connectivity index (χ3v) is 7.68. The maximum Gasteiger partial charge on any atom is 0.223 e. The summed E-state index contributed by atoms with van der Waals surface area (Å²) >= 11 is 6.45. The van der Waals surface area contributed by atoms with Gasteiger partial charge >= 0.3 is 0 Å². The second kappa shape index (κ2) is 7.58. The summed E-state index contributed by atoms with van der Waals surface area (Å²) in [4.78, 5) is 13.3. The number of halogens is 2. The topological polar surface area (TPSA) is 105 Å². The van der Waals surface area contributed by atoms with Crippen LogP contribution in [0, 0.1) is 11.7 Å². The summed E-state index contributed by atoms with van der Waals surface area (Å²) < 4.78 is 22.7. The van der Waals surface area contributed by atoms with Crippen molar-refractivity contribution in [1.82, 2.24) is 19.5 Å². The van der Waals surface area contributed by atoms with E-state index in [4.69, 9.17) is 16.3 Å². The van der Waals surface area contributed by atoms with Gasteiger partial charge in [0.15, 0.2) is 5.82 Å². The second-order valence-electron chi connectivity index (χ2n) is 10.4. The van der Waals surface area contributed by atoms with Crippen LogP contribution in [0.5, 0.6) is 0 Å². The van der Waals surface area contributed by atoms with E-state index < -0.39 is 17.5 Å². The molecule has 8 nitrogen and oxygen atoms in total. The summed E-state index contributed by atoms with van der Waals surface area (Å²) in [5.74, 6) is 0.982. The lowest BCUT2D eigenvalue weighted by Gasteiger charge is -2.63. The second-order valence-corrected chi connectivity index (χ2v) is 10.8. The van der Waals surface area contributed by atoms with E-state index in [1.165, 1.54) is 12.3 Å². The van der Waals surface area contributed by atoms with Gasteiger partial charge < -0.3 is 24.8 Å². The van der Waals surface area contributed by atoms with Crippen LogP contribution in [0.2, 0.25) is 5.02 Å². The SMILES string of the molecule is CC(C)(O)c1nc2c(F)cc(-c3nc(N[C@@H]4CCOC[C@H]4O)ncc3Cl)cc2n1C12CC(C1)C2. The van der Waals surface area contributed by atoms with Crippen molar-refractivity contribution in [3.63, 3.8) is 0 Å². The third kappa shape index (κ3) is 3.40. The maximum atomic E-state index is 15.4. The number of hydrogen-bond donors (Lipinski definition) is 3. The minimum absolute atomic E-state index is 0.110. The van der Waals surface area contributed by atoms with Crippen LogP contribution >= 0.6 is 11.6 Å². The Morgan fingerprint density at radius 1 is 1.26 bits per heavy atom. The fourth-order valence-electron chi connectivity index (χ4n) is 5.57. The standard InChI is InChI=1S/C24H27ClFN5O3/c1-23(2,33)21-29-20-15(26)5-13(6-17(20)31(21)24-7-12(8-24)9-24)19-14(25)10-27-22(30-19)28-16-3-4-34-11-18(16)32/h5-6,10,12,16,18,32-33H,3-4,7-9,11H2,1-2H3,(H,27,28,30)/t12?,16-,18-,24?/m1/s1. The summed E-state index contributed by atoms with van der Waals surface area (Å²) in [7, 11) is 0. The van der Waals surface area contributed by atoms with Crippen molar-refractivity contribution in [3.8, 4) is 11.3 Å². The normalized spacial score (nSPS) is 28.5. The van der Waals surface area contributed by atoms with Crippen LogP contribution in [0.4, 0.5) is 10.3 Å². The summed E-state index contributed by atoms with van der Waals surface area (Å²) in [5, 5.41) is 24.4. The van der Waals surface area contributed by atoms with Gasteiger partial charge in [-0.1, -0.05) is 11.6 Å². The fourth-order valence-corrected chi connectivity index (χ4v) is 5.77. The lowest BCUT2D eigenvalue weighted by atomic mass is 9.49. The molecule has 34 heavy (non-hydrogen) atoms. The number of benzene rings is 1. The third-order valence-electron chi connectivity index (χ3n) is 7.40. The molecular formula is C24H27ClFN5O3. The highest BCUT2D eigenvalue weighted by Gasteiger charge is 2.59. The van der Waals surface area contributed by atoms with E-state index >= 15 is 4.39 Å². The zero-order chi connectivity index (χ0) is 23.8. The Hall–Kier alpha value is -2.33.